The predicted molar refractivity (Wildman–Crippen MR) is 116 cm³/mol. The van der Waals surface area contributed by atoms with Gasteiger partial charge in [-0.1, -0.05) is 18.2 Å². The Morgan fingerprint density at radius 3 is 2.66 bits per heavy atom. The Balaban J connectivity index is 1.88. The van der Waals surface area contributed by atoms with E-state index in [1.807, 2.05) is 54.8 Å². The minimum atomic E-state index is -0.359. The summed E-state index contributed by atoms with van der Waals surface area (Å²) in [4.78, 5) is 34.9. The molecule has 0 fully saturated rings. The molecule has 3 aromatic heterocycles. The number of hydrogen-bond donors (Lipinski definition) is 0. The molecule has 5 nitrogen and oxygen atoms in total. The lowest BCUT2D eigenvalue weighted by molar-refractivity contribution is 0.103. The average molecular weight is 448 g/mol. The third-order valence-electron chi connectivity index (χ3n) is 4.96. The summed E-state index contributed by atoms with van der Waals surface area (Å²) in [5.74, 6) is -0.304. The van der Waals surface area contributed by atoms with Crippen molar-refractivity contribution in [3.05, 3.63) is 104 Å². The van der Waals surface area contributed by atoms with E-state index in [9.17, 15) is 9.59 Å². The van der Waals surface area contributed by atoms with Crippen molar-refractivity contribution in [3.8, 4) is 0 Å². The molecule has 29 heavy (non-hydrogen) atoms. The zero-order valence-corrected chi connectivity index (χ0v) is 17.6. The number of pyridine rings is 3. The molecule has 0 aliphatic heterocycles. The summed E-state index contributed by atoms with van der Waals surface area (Å²) in [5, 5.41) is 0. The van der Waals surface area contributed by atoms with Crippen molar-refractivity contribution in [3.63, 3.8) is 0 Å². The van der Waals surface area contributed by atoms with Gasteiger partial charge in [0.05, 0.1) is 23.3 Å². The zero-order valence-electron chi connectivity index (χ0n) is 16.0. The lowest BCUT2D eigenvalue weighted by atomic mass is 9.99. The van der Waals surface area contributed by atoms with Crippen molar-refractivity contribution in [2.45, 2.75) is 20.4 Å². The summed E-state index contributed by atoms with van der Waals surface area (Å²) >= 11 is 3.38. The van der Waals surface area contributed by atoms with Crippen molar-refractivity contribution in [1.82, 2.24) is 14.5 Å². The molecule has 3 heterocycles. The van der Waals surface area contributed by atoms with Crippen LogP contribution < -0.4 is 5.43 Å². The Bertz CT molecular complexity index is 1310. The number of hydrogen-bond acceptors (Lipinski definition) is 4. The smallest absolute Gasteiger partial charge is 0.218 e. The number of benzene rings is 1. The van der Waals surface area contributed by atoms with Crippen LogP contribution in [0.15, 0.2) is 70.3 Å². The van der Waals surface area contributed by atoms with Gasteiger partial charge in [0.15, 0.2) is 5.78 Å². The zero-order chi connectivity index (χ0) is 20.5. The number of halogens is 1. The first-order valence-corrected chi connectivity index (χ1v) is 9.95. The summed E-state index contributed by atoms with van der Waals surface area (Å²) in [6.07, 6.45) is 3.18. The highest BCUT2D eigenvalue weighted by molar-refractivity contribution is 9.10. The molecule has 0 amide bonds. The Labute approximate surface area is 176 Å². The molecule has 0 bridgehead atoms. The fourth-order valence-electron chi connectivity index (χ4n) is 3.26. The second-order valence-electron chi connectivity index (χ2n) is 6.95. The first-order valence-electron chi connectivity index (χ1n) is 9.15. The predicted octanol–water partition coefficient (Wildman–Crippen LogP) is 4.45. The number of aryl methyl sites for hydroxylation is 2. The van der Waals surface area contributed by atoms with Gasteiger partial charge in [-0.3, -0.25) is 14.6 Å². The number of ketones is 1. The minimum absolute atomic E-state index is 0.106. The highest BCUT2D eigenvalue weighted by Gasteiger charge is 2.18. The van der Waals surface area contributed by atoms with Crippen LogP contribution in [0.3, 0.4) is 0 Å². The van der Waals surface area contributed by atoms with Gasteiger partial charge in [-0.05, 0) is 71.2 Å². The highest BCUT2D eigenvalue weighted by atomic mass is 79.9. The number of carbonyl (C=O) groups is 1. The molecule has 0 spiro atoms. The normalized spacial score (nSPS) is 11.0. The van der Waals surface area contributed by atoms with E-state index in [-0.39, 0.29) is 22.3 Å². The number of carbonyl (C=O) groups excluding carboxylic acids is 1. The van der Waals surface area contributed by atoms with Crippen LogP contribution in [-0.4, -0.2) is 20.3 Å². The summed E-state index contributed by atoms with van der Waals surface area (Å²) in [7, 11) is 0. The molecule has 0 N–H and O–H groups in total. The highest BCUT2D eigenvalue weighted by Crippen LogP contribution is 2.17. The molecule has 0 aliphatic carbocycles. The van der Waals surface area contributed by atoms with Crippen LogP contribution in [0.2, 0.25) is 0 Å². The topological polar surface area (TPSA) is 64.8 Å². The van der Waals surface area contributed by atoms with E-state index in [1.54, 1.807) is 24.5 Å². The molecule has 0 aliphatic rings. The van der Waals surface area contributed by atoms with E-state index < -0.39 is 0 Å². The van der Waals surface area contributed by atoms with Crippen LogP contribution in [0.1, 0.15) is 32.7 Å². The van der Waals surface area contributed by atoms with Crippen LogP contribution in [-0.2, 0) is 6.54 Å². The second-order valence-corrected chi connectivity index (χ2v) is 7.76. The van der Waals surface area contributed by atoms with E-state index in [1.165, 1.54) is 0 Å². The molecule has 0 saturated heterocycles. The van der Waals surface area contributed by atoms with Crippen molar-refractivity contribution >= 4 is 32.7 Å². The molecule has 144 valence electrons. The van der Waals surface area contributed by atoms with Gasteiger partial charge < -0.3 is 4.57 Å². The van der Waals surface area contributed by atoms with Crippen molar-refractivity contribution in [1.29, 1.82) is 0 Å². The third-order valence-corrected chi connectivity index (χ3v) is 5.40. The van der Waals surface area contributed by atoms with Gasteiger partial charge in [0.25, 0.3) is 0 Å². The van der Waals surface area contributed by atoms with E-state index in [0.717, 1.165) is 21.4 Å². The van der Waals surface area contributed by atoms with Crippen LogP contribution >= 0.6 is 15.9 Å². The number of rotatable bonds is 4. The molecule has 6 heteroatoms. The molecular weight excluding hydrogens is 430 g/mol. The second kappa shape index (κ2) is 7.72. The quantitative estimate of drug-likeness (QED) is 0.342. The third kappa shape index (κ3) is 3.76. The fraction of sp³-hybridized carbons (Fsp3) is 0.130. The Kier molecular flexibility index (Phi) is 5.11. The maximum atomic E-state index is 13.2. The Morgan fingerprint density at radius 1 is 1.07 bits per heavy atom. The average Bonchev–Trinajstić information content (AvgIpc) is 2.72. The molecule has 1 aromatic carbocycles. The number of fused-ring (bicyclic) bond motifs is 1. The van der Waals surface area contributed by atoms with Crippen LogP contribution in [0.5, 0.6) is 0 Å². The largest absolute Gasteiger partial charge is 0.339 e. The van der Waals surface area contributed by atoms with Crippen LogP contribution in [0, 0.1) is 13.8 Å². The summed E-state index contributed by atoms with van der Waals surface area (Å²) in [6.45, 7) is 4.35. The Morgan fingerprint density at radius 2 is 1.90 bits per heavy atom. The van der Waals surface area contributed by atoms with Crippen molar-refractivity contribution in [2.75, 3.05) is 0 Å². The van der Waals surface area contributed by atoms with Crippen LogP contribution in [0.25, 0.3) is 11.0 Å². The van der Waals surface area contributed by atoms with Gasteiger partial charge in [-0.15, -0.1) is 0 Å². The maximum absolute atomic E-state index is 13.2. The van der Waals surface area contributed by atoms with Crippen LogP contribution in [0.4, 0.5) is 0 Å². The van der Waals surface area contributed by atoms with Crippen molar-refractivity contribution < 1.29 is 4.79 Å². The Hall–Kier alpha value is -3.12. The van der Waals surface area contributed by atoms with E-state index in [0.29, 0.717) is 17.6 Å². The summed E-state index contributed by atoms with van der Waals surface area (Å²) in [5.41, 5.74) is 4.09. The first kappa shape index (κ1) is 19.2. The number of aromatic nitrogens is 3. The first-order chi connectivity index (χ1) is 13.9. The summed E-state index contributed by atoms with van der Waals surface area (Å²) in [6, 6.07) is 14.7. The van der Waals surface area contributed by atoms with E-state index in [2.05, 4.69) is 25.9 Å². The van der Waals surface area contributed by atoms with Crippen molar-refractivity contribution in [2.24, 2.45) is 0 Å². The van der Waals surface area contributed by atoms with Gasteiger partial charge in [-0.2, -0.15) is 0 Å². The SMILES string of the molecule is Cc1ccc(C(=O)c2cn(Cc3cccc(Br)n3)c3cccnc3c2=O)cc1C. The standard InChI is InChI=1S/C23H18BrN3O2/c1-14-8-9-16(11-15(14)2)22(28)18-13-27(12-17-5-3-7-20(24)26-17)19-6-4-10-25-21(19)23(18)29/h3-11,13H,12H2,1-2H3. The van der Waals surface area contributed by atoms with E-state index in [4.69, 9.17) is 0 Å². The van der Waals surface area contributed by atoms with Gasteiger partial charge in [0, 0.05) is 18.0 Å². The molecular formula is C23H18BrN3O2. The lowest BCUT2D eigenvalue weighted by Gasteiger charge is -2.13. The number of nitrogens with zero attached hydrogens (tertiary/aromatic N) is 3. The van der Waals surface area contributed by atoms with E-state index >= 15 is 0 Å². The maximum Gasteiger partial charge on any atom is 0.218 e. The molecule has 0 radical (unpaired) electrons. The fourth-order valence-corrected chi connectivity index (χ4v) is 3.64. The van der Waals surface area contributed by atoms with Gasteiger partial charge in [0.1, 0.15) is 10.1 Å². The molecule has 4 aromatic rings. The lowest BCUT2D eigenvalue weighted by Crippen LogP contribution is -2.21. The molecule has 0 unspecified atom stereocenters. The minimum Gasteiger partial charge on any atom is -0.339 e. The monoisotopic (exact) mass is 447 g/mol. The molecule has 0 saturated carbocycles. The molecule has 4 rings (SSSR count). The van der Waals surface area contributed by atoms with Gasteiger partial charge in [-0.25, -0.2) is 4.98 Å². The van der Waals surface area contributed by atoms with Gasteiger partial charge in [0.2, 0.25) is 5.43 Å². The molecule has 0 atom stereocenters. The summed E-state index contributed by atoms with van der Waals surface area (Å²) < 4.78 is 2.58. The van der Waals surface area contributed by atoms with Gasteiger partial charge >= 0.3 is 0 Å².